The molecule has 1 aromatic carbocycles. The summed E-state index contributed by atoms with van der Waals surface area (Å²) in [5.74, 6) is -0.335. The molecule has 0 aliphatic rings. The number of aromatic nitrogens is 2. The van der Waals surface area contributed by atoms with Crippen molar-refractivity contribution in [3.05, 3.63) is 18.2 Å². The summed E-state index contributed by atoms with van der Waals surface area (Å²) < 4.78 is 8.11. The van der Waals surface area contributed by atoms with Gasteiger partial charge in [-0.15, -0.1) is 0 Å². The summed E-state index contributed by atoms with van der Waals surface area (Å²) >= 11 is 1.09. The van der Waals surface area contributed by atoms with Gasteiger partial charge in [0.25, 0.3) is 0 Å². The molecule has 0 spiro atoms. The lowest BCUT2D eigenvalue weighted by molar-refractivity contribution is -0.115. The molecule has 0 aliphatic carbocycles. The monoisotopic (exact) mass is 218 g/mol. The lowest BCUT2D eigenvalue weighted by Gasteiger charge is -2.01. The summed E-state index contributed by atoms with van der Waals surface area (Å²) in [5.41, 5.74) is 2.00. The molecule has 1 amide bonds. The quantitative estimate of drug-likeness (QED) is 0.829. The van der Waals surface area contributed by atoms with E-state index in [1.54, 1.807) is 18.2 Å². The second kappa shape index (κ2) is 4.02. The smallest absolute Gasteiger partial charge is 0.238 e. The fraction of sp³-hybridized carbons (Fsp3) is 0.111. The Morgan fingerprint density at radius 2 is 2.40 bits per heavy atom. The van der Waals surface area contributed by atoms with E-state index in [0.717, 1.165) is 17.2 Å². The molecule has 6 heteroatoms. The van der Waals surface area contributed by atoms with Crippen molar-refractivity contribution in [3.63, 3.8) is 0 Å². The van der Waals surface area contributed by atoms with E-state index in [9.17, 15) is 4.79 Å². The molecule has 74 valence electrons. The van der Waals surface area contributed by atoms with E-state index in [1.165, 1.54) is 0 Å². The van der Waals surface area contributed by atoms with Crippen LogP contribution in [0, 0.1) is 11.3 Å². The van der Waals surface area contributed by atoms with E-state index in [2.05, 4.69) is 14.1 Å². The molecule has 5 nitrogen and oxygen atoms in total. The van der Waals surface area contributed by atoms with Gasteiger partial charge in [-0.25, -0.2) is 0 Å². The van der Waals surface area contributed by atoms with E-state index < -0.39 is 0 Å². The molecule has 0 saturated carbocycles. The molecule has 1 aromatic heterocycles. The van der Waals surface area contributed by atoms with Crippen molar-refractivity contribution in [2.45, 2.75) is 6.42 Å². The minimum atomic E-state index is -0.335. The SMILES string of the molecule is N#CCC(=O)Nc1cccc2nsnc12. The number of rotatable bonds is 2. The first kappa shape index (κ1) is 9.55. The number of nitriles is 1. The van der Waals surface area contributed by atoms with Gasteiger partial charge in [-0.2, -0.15) is 14.0 Å². The van der Waals surface area contributed by atoms with Crippen molar-refractivity contribution in [1.82, 2.24) is 8.75 Å². The fourth-order valence-corrected chi connectivity index (χ4v) is 1.72. The number of fused-ring (bicyclic) bond motifs is 1. The third-order valence-corrected chi connectivity index (χ3v) is 2.34. The molecule has 2 rings (SSSR count). The van der Waals surface area contributed by atoms with Crippen LogP contribution in [0.15, 0.2) is 18.2 Å². The highest BCUT2D eigenvalue weighted by Crippen LogP contribution is 2.20. The molecule has 1 N–H and O–H groups in total. The van der Waals surface area contributed by atoms with Crippen molar-refractivity contribution < 1.29 is 4.79 Å². The maximum absolute atomic E-state index is 11.2. The Morgan fingerprint density at radius 3 is 3.20 bits per heavy atom. The summed E-state index contributed by atoms with van der Waals surface area (Å²) in [6.07, 6.45) is -0.159. The van der Waals surface area contributed by atoms with Gasteiger partial charge in [0.05, 0.1) is 23.5 Å². The van der Waals surface area contributed by atoms with Gasteiger partial charge in [-0.05, 0) is 12.1 Å². The number of anilines is 1. The van der Waals surface area contributed by atoms with Crippen LogP contribution in [0.2, 0.25) is 0 Å². The molecule has 15 heavy (non-hydrogen) atoms. The number of carbonyl (C=O) groups excluding carboxylic acids is 1. The summed E-state index contributed by atoms with van der Waals surface area (Å²) in [5, 5.41) is 11.0. The van der Waals surface area contributed by atoms with E-state index in [-0.39, 0.29) is 12.3 Å². The maximum Gasteiger partial charge on any atom is 0.238 e. The number of nitrogens with one attached hydrogen (secondary N) is 1. The fourth-order valence-electron chi connectivity index (χ4n) is 1.17. The van der Waals surface area contributed by atoms with Crippen LogP contribution in [-0.4, -0.2) is 14.7 Å². The zero-order chi connectivity index (χ0) is 10.7. The van der Waals surface area contributed by atoms with Gasteiger partial charge in [0.2, 0.25) is 5.91 Å². The first-order valence-corrected chi connectivity index (χ1v) is 4.92. The molecule has 0 radical (unpaired) electrons. The van der Waals surface area contributed by atoms with Gasteiger partial charge in [0.1, 0.15) is 17.5 Å². The second-order valence-electron chi connectivity index (χ2n) is 2.82. The normalized spacial score (nSPS) is 9.80. The Hall–Kier alpha value is -2.00. The number of hydrogen-bond acceptors (Lipinski definition) is 5. The zero-order valence-electron chi connectivity index (χ0n) is 7.60. The average Bonchev–Trinajstić information content (AvgIpc) is 2.67. The summed E-state index contributed by atoms with van der Waals surface area (Å²) in [4.78, 5) is 11.2. The Labute approximate surface area is 89.7 Å². The minimum Gasteiger partial charge on any atom is -0.323 e. The van der Waals surface area contributed by atoms with Gasteiger partial charge in [-0.1, -0.05) is 6.07 Å². The Morgan fingerprint density at radius 1 is 1.53 bits per heavy atom. The van der Waals surface area contributed by atoms with E-state index in [1.807, 2.05) is 6.07 Å². The summed E-state index contributed by atoms with van der Waals surface area (Å²) in [6, 6.07) is 7.12. The highest BCUT2D eigenvalue weighted by molar-refractivity contribution is 7.00. The van der Waals surface area contributed by atoms with Crippen LogP contribution >= 0.6 is 11.7 Å². The lowest BCUT2D eigenvalue weighted by Crippen LogP contribution is -2.10. The number of carbonyl (C=O) groups is 1. The molecule has 0 atom stereocenters. The predicted octanol–water partition coefficient (Wildman–Crippen LogP) is 1.54. The first-order valence-electron chi connectivity index (χ1n) is 4.19. The highest BCUT2D eigenvalue weighted by atomic mass is 32.1. The zero-order valence-corrected chi connectivity index (χ0v) is 8.41. The average molecular weight is 218 g/mol. The molecule has 0 fully saturated rings. The van der Waals surface area contributed by atoms with Gasteiger partial charge < -0.3 is 5.32 Å². The van der Waals surface area contributed by atoms with Gasteiger partial charge >= 0.3 is 0 Å². The predicted molar refractivity (Wildman–Crippen MR) is 56.3 cm³/mol. The number of hydrogen-bond donors (Lipinski definition) is 1. The maximum atomic E-state index is 11.2. The van der Waals surface area contributed by atoms with Crippen molar-refractivity contribution >= 4 is 34.4 Å². The minimum absolute atomic E-state index is 0.159. The molecule has 1 heterocycles. The topological polar surface area (TPSA) is 78.7 Å². The molecule has 0 saturated heterocycles. The van der Waals surface area contributed by atoms with Crippen LogP contribution in [0.1, 0.15) is 6.42 Å². The van der Waals surface area contributed by atoms with Crippen molar-refractivity contribution in [2.75, 3.05) is 5.32 Å². The van der Waals surface area contributed by atoms with Crippen LogP contribution in [0.25, 0.3) is 11.0 Å². The first-order chi connectivity index (χ1) is 7.31. The van der Waals surface area contributed by atoms with E-state index in [0.29, 0.717) is 11.2 Å². The van der Waals surface area contributed by atoms with Crippen molar-refractivity contribution in [1.29, 1.82) is 5.26 Å². The number of nitrogens with zero attached hydrogens (tertiary/aromatic N) is 3. The van der Waals surface area contributed by atoms with Crippen LogP contribution in [0.4, 0.5) is 5.69 Å². The van der Waals surface area contributed by atoms with E-state index >= 15 is 0 Å². The Balaban J connectivity index is 2.32. The van der Waals surface area contributed by atoms with Crippen LogP contribution in [0.3, 0.4) is 0 Å². The van der Waals surface area contributed by atoms with Crippen molar-refractivity contribution in [2.24, 2.45) is 0 Å². The van der Waals surface area contributed by atoms with Crippen LogP contribution in [0.5, 0.6) is 0 Å². The largest absolute Gasteiger partial charge is 0.323 e. The van der Waals surface area contributed by atoms with E-state index in [4.69, 9.17) is 5.26 Å². The van der Waals surface area contributed by atoms with Crippen molar-refractivity contribution in [3.8, 4) is 6.07 Å². The Kier molecular flexibility index (Phi) is 2.56. The van der Waals surface area contributed by atoms with Crippen LogP contribution in [-0.2, 0) is 4.79 Å². The molecule has 0 aliphatic heterocycles. The standard InChI is InChI=1S/C9H6N4OS/c10-5-4-8(14)11-6-2-1-3-7-9(6)13-15-12-7/h1-3H,4H2,(H,11,14). The molecule has 0 unspecified atom stereocenters. The molecular weight excluding hydrogens is 212 g/mol. The molecule has 0 bridgehead atoms. The third-order valence-electron chi connectivity index (χ3n) is 1.80. The third kappa shape index (κ3) is 1.92. The number of benzene rings is 1. The lowest BCUT2D eigenvalue weighted by atomic mass is 10.2. The second-order valence-corrected chi connectivity index (χ2v) is 3.35. The molecular formula is C9H6N4OS. The summed E-state index contributed by atoms with van der Waals surface area (Å²) in [6.45, 7) is 0. The highest BCUT2D eigenvalue weighted by Gasteiger charge is 2.07. The Bertz CT molecular complexity index is 542. The van der Waals surface area contributed by atoms with Gasteiger partial charge in [-0.3, -0.25) is 4.79 Å². The number of amides is 1. The summed E-state index contributed by atoms with van der Waals surface area (Å²) in [7, 11) is 0. The van der Waals surface area contributed by atoms with Gasteiger partial charge in [0.15, 0.2) is 0 Å². The molecule has 2 aromatic rings. The van der Waals surface area contributed by atoms with Gasteiger partial charge in [0, 0.05) is 0 Å². The van der Waals surface area contributed by atoms with Crippen LogP contribution < -0.4 is 5.32 Å².